The molecule has 1 N–H and O–H groups in total. The molecule has 0 unspecified atom stereocenters. The van der Waals surface area contributed by atoms with E-state index in [1.54, 1.807) is 12.1 Å². The van der Waals surface area contributed by atoms with Crippen LogP contribution in [0.2, 0.25) is 10.0 Å². The van der Waals surface area contributed by atoms with Crippen molar-refractivity contribution in [2.45, 2.75) is 0 Å². The molecule has 0 bridgehead atoms. The van der Waals surface area contributed by atoms with Gasteiger partial charge in [-0.05, 0) is 28.7 Å². The van der Waals surface area contributed by atoms with Gasteiger partial charge in [-0.25, -0.2) is 0 Å². The first kappa shape index (κ1) is 10.1. The van der Waals surface area contributed by atoms with Crippen LogP contribution in [0.25, 0.3) is 0 Å². The van der Waals surface area contributed by atoms with Crippen LogP contribution in [0.3, 0.4) is 0 Å². The highest BCUT2D eigenvalue weighted by molar-refractivity contribution is 14.1. The molecule has 0 amide bonds. The largest absolute Gasteiger partial charge is 0.411 e. The van der Waals surface area contributed by atoms with Crippen LogP contribution in [0.4, 0.5) is 0 Å². The van der Waals surface area contributed by atoms with Crippen LogP contribution >= 0.6 is 45.8 Å². The molecule has 0 saturated carbocycles. The second-order valence-electron chi connectivity index (χ2n) is 2.01. The van der Waals surface area contributed by atoms with Crippen molar-refractivity contribution in [3.63, 3.8) is 0 Å². The first-order valence-corrected chi connectivity index (χ1v) is 4.81. The SMILES string of the molecule is ON=Cc1ccc(Cl)c(I)c1Cl. The number of hydrogen-bond acceptors (Lipinski definition) is 2. The van der Waals surface area contributed by atoms with Crippen molar-refractivity contribution in [1.82, 2.24) is 0 Å². The van der Waals surface area contributed by atoms with E-state index in [9.17, 15) is 0 Å². The van der Waals surface area contributed by atoms with Gasteiger partial charge < -0.3 is 5.21 Å². The second-order valence-corrected chi connectivity index (χ2v) is 3.87. The van der Waals surface area contributed by atoms with Crippen molar-refractivity contribution >= 4 is 52.0 Å². The highest BCUT2D eigenvalue weighted by Crippen LogP contribution is 2.28. The maximum atomic E-state index is 8.28. The normalized spacial score (nSPS) is 10.9. The minimum atomic E-state index is 0.501. The number of nitrogens with zero attached hydrogens (tertiary/aromatic N) is 1. The Bertz CT molecular complexity index is 327. The van der Waals surface area contributed by atoms with E-state index < -0.39 is 0 Å². The second kappa shape index (κ2) is 4.30. The van der Waals surface area contributed by atoms with Crippen molar-refractivity contribution in [1.29, 1.82) is 0 Å². The third-order valence-corrected chi connectivity index (χ3v) is 3.74. The van der Waals surface area contributed by atoms with Gasteiger partial charge in [0.15, 0.2) is 0 Å². The fourth-order valence-electron chi connectivity index (χ4n) is 0.703. The molecule has 5 heteroatoms. The van der Waals surface area contributed by atoms with E-state index in [1.165, 1.54) is 6.21 Å². The smallest absolute Gasteiger partial charge is 0.0749 e. The van der Waals surface area contributed by atoms with Crippen LogP contribution in [0, 0.1) is 3.57 Å². The predicted octanol–water partition coefficient (Wildman–Crippen LogP) is 3.41. The lowest BCUT2D eigenvalue weighted by Gasteiger charge is -2.01. The van der Waals surface area contributed by atoms with Gasteiger partial charge in [0.25, 0.3) is 0 Å². The number of hydrogen-bond donors (Lipinski definition) is 1. The average molecular weight is 316 g/mol. The Kier molecular flexibility index (Phi) is 3.61. The van der Waals surface area contributed by atoms with Gasteiger partial charge in [-0.2, -0.15) is 0 Å². The third kappa shape index (κ3) is 2.02. The summed E-state index contributed by atoms with van der Waals surface area (Å²) in [6.07, 6.45) is 1.26. The van der Waals surface area contributed by atoms with Gasteiger partial charge >= 0.3 is 0 Å². The van der Waals surface area contributed by atoms with Crippen LogP contribution in [0.1, 0.15) is 5.56 Å². The third-order valence-electron chi connectivity index (χ3n) is 1.26. The van der Waals surface area contributed by atoms with Crippen molar-refractivity contribution < 1.29 is 5.21 Å². The molecule has 2 nitrogen and oxygen atoms in total. The molecule has 0 aliphatic rings. The van der Waals surface area contributed by atoms with Gasteiger partial charge in [-0.3, -0.25) is 0 Å². The number of oxime groups is 1. The van der Waals surface area contributed by atoms with E-state index in [0.29, 0.717) is 15.6 Å². The van der Waals surface area contributed by atoms with Crippen LogP contribution in [-0.4, -0.2) is 11.4 Å². The first-order valence-electron chi connectivity index (χ1n) is 2.97. The Morgan fingerprint density at radius 3 is 2.67 bits per heavy atom. The van der Waals surface area contributed by atoms with Crippen LogP contribution in [-0.2, 0) is 0 Å². The fraction of sp³-hybridized carbons (Fsp3) is 0. The molecule has 1 aromatic rings. The summed E-state index contributed by atoms with van der Waals surface area (Å²) in [5, 5.41) is 12.3. The molecule has 0 heterocycles. The Labute approximate surface area is 93.3 Å². The zero-order chi connectivity index (χ0) is 9.14. The molecule has 0 aromatic heterocycles. The van der Waals surface area contributed by atoms with Crippen molar-refractivity contribution in [3.8, 4) is 0 Å². The van der Waals surface area contributed by atoms with Crippen LogP contribution in [0.5, 0.6) is 0 Å². The number of rotatable bonds is 1. The maximum Gasteiger partial charge on any atom is 0.0749 e. The molecule has 0 aliphatic carbocycles. The highest BCUT2D eigenvalue weighted by Gasteiger charge is 2.05. The van der Waals surface area contributed by atoms with Gasteiger partial charge in [0.05, 0.1) is 19.8 Å². The van der Waals surface area contributed by atoms with Gasteiger partial charge in [0.2, 0.25) is 0 Å². The molecule has 0 saturated heterocycles. The van der Waals surface area contributed by atoms with Crippen LogP contribution in [0.15, 0.2) is 17.3 Å². The summed E-state index contributed by atoms with van der Waals surface area (Å²) in [4.78, 5) is 0. The summed E-state index contributed by atoms with van der Waals surface area (Å²) >= 11 is 13.7. The van der Waals surface area contributed by atoms with Gasteiger partial charge in [0, 0.05) is 5.56 Å². The van der Waals surface area contributed by atoms with E-state index in [-0.39, 0.29) is 0 Å². The first-order chi connectivity index (χ1) is 5.66. The molecule has 64 valence electrons. The van der Waals surface area contributed by atoms with E-state index in [1.807, 2.05) is 22.6 Å². The van der Waals surface area contributed by atoms with Crippen molar-refractivity contribution in [2.75, 3.05) is 0 Å². The number of halogens is 3. The molecule has 0 spiro atoms. The molecule has 1 rings (SSSR count). The Balaban J connectivity index is 3.26. The lowest BCUT2D eigenvalue weighted by atomic mass is 10.2. The molecule has 0 atom stereocenters. The molecule has 0 aliphatic heterocycles. The molecular weight excluding hydrogens is 312 g/mol. The topological polar surface area (TPSA) is 32.6 Å². The maximum absolute atomic E-state index is 8.28. The minimum Gasteiger partial charge on any atom is -0.411 e. The zero-order valence-electron chi connectivity index (χ0n) is 5.76. The molecular formula is C7H4Cl2INO. The van der Waals surface area contributed by atoms with Crippen molar-refractivity contribution in [3.05, 3.63) is 31.3 Å². The summed E-state index contributed by atoms with van der Waals surface area (Å²) < 4.78 is 0.758. The zero-order valence-corrected chi connectivity index (χ0v) is 9.43. The summed E-state index contributed by atoms with van der Waals surface area (Å²) in [6, 6.07) is 3.39. The van der Waals surface area contributed by atoms with E-state index >= 15 is 0 Å². The van der Waals surface area contributed by atoms with E-state index in [0.717, 1.165) is 3.57 Å². The molecule has 12 heavy (non-hydrogen) atoms. The summed E-state index contributed by atoms with van der Waals surface area (Å²) in [6.45, 7) is 0. The standard InChI is InChI=1S/C7H4Cl2INO/c8-5-2-1-4(3-11-12)6(9)7(5)10/h1-3,12H. The number of benzene rings is 1. The summed E-state index contributed by atoms with van der Waals surface area (Å²) in [7, 11) is 0. The molecule has 0 radical (unpaired) electrons. The fourth-order valence-corrected chi connectivity index (χ4v) is 1.61. The van der Waals surface area contributed by atoms with E-state index in [4.69, 9.17) is 28.4 Å². The molecule has 1 aromatic carbocycles. The minimum absolute atomic E-state index is 0.501. The summed E-state index contributed by atoms with van der Waals surface area (Å²) in [5.74, 6) is 0. The van der Waals surface area contributed by atoms with Crippen LogP contribution < -0.4 is 0 Å². The van der Waals surface area contributed by atoms with E-state index in [2.05, 4.69) is 5.16 Å². The highest BCUT2D eigenvalue weighted by atomic mass is 127. The Hall–Kier alpha value is -0.0000000000000000555. The molecule has 0 fully saturated rings. The summed E-state index contributed by atoms with van der Waals surface area (Å²) in [5.41, 5.74) is 0.646. The lowest BCUT2D eigenvalue weighted by Crippen LogP contribution is -1.86. The quantitative estimate of drug-likeness (QED) is 0.278. The van der Waals surface area contributed by atoms with Gasteiger partial charge in [0.1, 0.15) is 0 Å². The van der Waals surface area contributed by atoms with Gasteiger partial charge in [-0.1, -0.05) is 34.4 Å². The van der Waals surface area contributed by atoms with Crippen molar-refractivity contribution in [2.24, 2.45) is 5.16 Å². The van der Waals surface area contributed by atoms with Gasteiger partial charge in [-0.15, -0.1) is 0 Å². The Morgan fingerprint density at radius 2 is 2.08 bits per heavy atom. The monoisotopic (exact) mass is 315 g/mol. The predicted molar refractivity (Wildman–Crippen MR) is 58.6 cm³/mol. The Morgan fingerprint density at radius 1 is 1.42 bits per heavy atom. The lowest BCUT2D eigenvalue weighted by molar-refractivity contribution is 0.322. The average Bonchev–Trinajstić information content (AvgIpc) is 2.07.